The molecule has 1 aliphatic heterocycles. The number of sulfonamides is 1. The van der Waals surface area contributed by atoms with Crippen molar-refractivity contribution in [2.75, 3.05) is 26.2 Å². The van der Waals surface area contributed by atoms with Gasteiger partial charge >= 0.3 is 6.18 Å². The molecule has 1 fully saturated rings. The summed E-state index contributed by atoms with van der Waals surface area (Å²) in [5.74, 6) is 0.584. The smallest absolute Gasteiger partial charge is 0.339 e. The molecule has 0 N–H and O–H groups in total. The Balaban J connectivity index is 1.40. The van der Waals surface area contributed by atoms with E-state index >= 15 is 0 Å². The molecule has 2 aromatic carbocycles. The summed E-state index contributed by atoms with van der Waals surface area (Å²) in [6, 6.07) is 10.0. The Morgan fingerprint density at radius 1 is 0.970 bits per heavy atom. The first kappa shape index (κ1) is 22.9. The van der Waals surface area contributed by atoms with Crippen LogP contribution in [-0.4, -0.2) is 59.8 Å². The van der Waals surface area contributed by atoms with Crippen LogP contribution in [0.25, 0.3) is 11.4 Å². The number of aryl methyl sites for hydroxylation is 1. The molecule has 1 aromatic heterocycles. The number of alkyl halides is 3. The van der Waals surface area contributed by atoms with Gasteiger partial charge in [-0.1, -0.05) is 17.3 Å². The Morgan fingerprint density at radius 2 is 1.58 bits per heavy atom. The van der Waals surface area contributed by atoms with Crippen LogP contribution < -0.4 is 0 Å². The van der Waals surface area contributed by atoms with Gasteiger partial charge < -0.3 is 9.42 Å². The fraction of sp³-hybridized carbons (Fsp3) is 0.286. The second-order valence-electron chi connectivity index (χ2n) is 7.43. The van der Waals surface area contributed by atoms with Crippen molar-refractivity contribution in [2.24, 2.45) is 0 Å². The summed E-state index contributed by atoms with van der Waals surface area (Å²) in [4.78, 5) is 18.3. The Hall–Kier alpha value is -3.25. The molecule has 0 radical (unpaired) electrons. The van der Waals surface area contributed by atoms with Gasteiger partial charge in [0, 0.05) is 44.2 Å². The standard InChI is InChI=1S/C21H19F3N4O4S/c1-14-25-19(26-32-14)15-2-4-16(5-3-15)20(29)27-10-12-28(13-11-27)33(30,31)18-8-6-17(7-9-18)21(22,23)24/h2-9H,10-13H2,1H3. The minimum atomic E-state index is -4.54. The molecular weight excluding hydrogens is 461 g/mol. The van der Waals surface area contributed by atoms with Crippen LogP contribution in [-0.2, 0) is 16.2 Å². The second kappa shape index (κ2) is 8.60. The minimum absolute atomic E-state index is 0.0370. The number of piperazine rings is 1. The van der Waals surface area contributed by atoms with Crippen LogP contribution in [0.3, 0.4) is 0 Å². The first-order valence-electron chi connectivity index (χ1n) is 9.93. The van der Waals surface area contributed by atoms with Crippen LogP contribution in [0.2, 0.25) is 0 Å². The maximum Gasteiger partial charge on any atom is 0.416 e. The van der Waals surface area contributed by atoms with Crippen molar-refractivity contribution in [3.63, 3.8) is 0 Å². The van der Waals surface area contributed by atoms with Crippen molar-refractivity contribution in [3.05, 3.63) is 65.5 Å². The van der Waals surface area contributed by atoms with Gasteiger partial charge in [-0.25, -0.2) is 8.42 Å². The van der Waals surface area contributed by atoms with E-state index in [-0.39, 0.29) is 37.0 Å². The molecule has 33 heavy (non-hydrogen) atoms. The fourth-order valence-corrected chi connectivity index (χ4v) is 4.88. The molecule has 1 saturated heterocycles. The molecule has 4 rings (SSSR count). The van der Waals surface area contributed by atoms with E-state index in [0.29, 0.717) is 22.8 Å². The van der Waals surface area contributed by atoms with Gasteiger partial charge in [0.15, 0.2) is 0 Å². The van der Waals surface area contributed by atoms with Gasteiger partial charge in [-0.2, -0.15) is 22.5 Å². The van der Waals surface area contributed by atoms with Gasteiger partial charge in [0.05, 0.1) is 10.5 Å². The summed E-state index contributed by atoms with van der Waals surface area (Å²) < 4.78 is 69.9. The highest BCUT2D eigenvalue weighted by molar-refractivity contribution is 7.89. The number of hydrogen-bond donors (Lipinski definition) is 0. The lowest BCUT2D eigenvalue weighted by atomic mass is 10.1. The number of rotatable bonds is 4. The van der Waals surface area contributed by atoms with Crippen molar-refractivity contribution in [1.29, 1.82) is 0 Å². The van der Waals surface area contributed by atoms with E-state index in [4.69, 9.17) is 4.52 Å². The monoisotopic (exact) mass is 480 g/mol. The summed E-state index contributed by atoms with van der Waals surface area (Å²) >= 11 is 0. The van der Waals surface area contributed by atoms with Crippen molar-refractivity contribution in [2.45, 2.75) is 18.0 Å². The summed E-state index contributed by atoms with van der Waals surface area (Å²) in [5, 5.41) is 3.82. The molecule has 0 saturated carbocycles. The lowest BCUT2D eigenvalue weighted by Crippen LogP contribution is -2.50. The molecule has 0 bridgehead atoms. The third-order valence-electron chi connectivity index (χ3n) is 5.26. The zero-order chi connectivity index (χ0) is 23.8. The molecular formula is C21H19F3N4O4S. The zero-order valence-corrected chi connectivity index (χ0v) is 18.2. The third-order valence-corrected chi connectivity index (χ3v) is 7.18. The van der Waals surface area contributed by atoms with Crippen molar-refractivity contribution in [3.8, 4) is 11.4 Å². The Morgan fingerprint density at radius 3 is 2.09 bits per heavy atom. The second-order valence-corrected chi connectivity index (χ2v) is 9.37. The van der Waals surface area contributed by atoms with Crippen molar-refractivity contribution < 1.29 is 30.9 Å². The number of carbonyl (C=O) groups excluding carboxylic acids is 1. The summed E-state index contributed by atoms with van der Waals surface area (Å²) in [6.45, 7) is 2.06. The average Bonchev–Trinajstić information content (AvgIpc) is 3.24. The number of halogens is 3. The van der Waals surface area contributed by atoms with Gasteiger partial charge in [0.25, 0.3) is 5.91 Å². The Bertz CT molecular complexity index is 1250. The molecule has 1 amide bonds. The zero-order valence-electron chi connectivity index (χ0n) is 17.4. The molecule has 0 spiro atoms. The fourth-order valence-electron chi connectivity index (χ4n) is 3.46. The van der Waals surface area contributed by atoms with E-state index in [1.807, 2.05) is 0 Å². The van der Waals surface area contributed by atoms with Crippen LogP contribution in [0.4, 0.5) is 13.2 Å². The number of hydrogen-bond acceptors (Lipinski definition) is 6. The van der Waals surface area contributed by atoms with Gasteiger partial charge in [-0.3, -0.25) is 4.79 Å². The molecule has 0 aliphatic carbocycles. The number of amides is 1. The highest BCUT2D eigenvalue weighted by Gasteiger charge is 2.33. The Labute approximate surface area is 187 Å². The molecule has 8 nitrogen and oxygen atoms in total. The highest BCUT2D eigenvalue weighted by atomic mass is 32.2. The molecule has 3 aromatic rings. The van der Waals surface area contributed by atoms with E-state index in [0.717, 1.165) is 24.3 Å². The van der Waals surface area contributed by atoms with Gasteiger partial charge in [0.1, 0.15) is 0 Å². The van der Waals surface area contributed by atoms with Crippen LogP contribution >= 0.6 is 0 Å². The van der Waals surface area contributed by atoms with Gasteiger partial charge in [-0.15, -0.1) is 0 Å². The largest absolute Gasteiger partial charge is 0.416 e. The number of carbonyl (C=O) groups is 1. The number of benzene rings is 2. The number of nitrogens with zero attached hydrogens (tertiary/aromatic N) is 4. The van der Waals surface area contributed by atoms with E-state index in [1.54, 1.807) is 31.2 Å². The SMILES string of the molecule is Cc1nc(-c2ccc(C(=O)N3CCN(S(=O)(=O)c4ccc(C(F)(F)F)cc4)CC3)cc2)no1. The van der Waals surface area contributed by atoms with Crippen molar-refractivity contribution in [1.82, 2.24) is 19.3 Å². The first-order valence-corrected chi connectivity index (χ1v) is 11.4. The van der Waals surface area contributed by atoms with E-state index < -0.39 is 21.8 Å². The van der Waals surface area contributed by atoms with Gasteiger partial charge in [0.2, 0.25) is 21.7 Å². The quantitative estimate of drug-likeness (QED) is 0.569. The summed E-state index contributed by atoms with van der Waals surface area (Å²) in [6.07, 6.45) is -4.54. The first-order chi connectivity index (χ1) is 15.6. The topological polar surface area (TPSA) is 96.6 Å². The van der Waals surface area contributed by atoms with E-state index in [2.05, 4.69) is 10.1 Å². The normalized spacial score (nSPS) is 15.6. The highest BCUT2D eigenvalue weighted by Crippen LogP contribution is 2.30. The molecule has 12 heteroatoms. The molecule has 174 valence electrons. The maximum atomic E-state index is 12.8. The summed E-state index contributed by atoms with van der Waals surface area (Å²) in [7, 11) is -3.97. The predicted octanol–water partition coefficient (Wildman–Crippen LogP) is 3.21. The minimum Gasteiger partial charge on any atom is -0.339 e. The van der Waals surface area contributed by atoms with Crippen LogP contribution in [0.15, 0.2) is 57.9 Å². The maximum absolute atomic E-state index is 12.8. The molecule has 0 atom stereocenters. The predicted molar refractivity (Wildman–Crippen MR) is 111 cm³/mol. The van der Waals surface area contributed by atoms with Crippen molar-refractivity contribution >= 4 is 15.9 Å². The molecule has 2 heterocycles. The Kier molecular flexibility index (Phi) is 5.97. The lowest BCUT2D eigenvalue weighted by Gasteiger charge is -2.34. The lowest BCUT2D eigenvalue weighted by molar-refractivity contribution is -0.137. The number of aromatic nitrogens is 2. The summed E-state index contributed by atoms with van der Waals surface area (Å²) in [5.41, 5.74) is 0.200. The molecule has 0 unspecified atom stereocenters. The average molecular weight is 480 g/mol. The van der Waals surface area contributed by atoms with Gasteiger partial charge in [-0.05, 0) is 36.4 Å². The van der Waals surface area contributed by atoms with Crippen LogP contribution in [0.1, 0.15) is 21.8 Å². The van der Waals surface area contributed by atoms with Crippen LogP contribution in [0, 0.1) is 6.92 Å². The van der Waals surface area contributed by atoms with E-state index in [1.165, 1.54) is 9.21 Å². The third kappa shape index (κ3) is 4.76. The molecule has 1 aliphatic rings. The van der Waals surface area contributed by atoms with Crippen LogP contribution in [0.5, 0.6) is 0 Å². The van der Waals surface area contributed by atoms with E-state index in [9.17, 15) is 26.4 Å².